The molecule has 0 spiro atoms. The second-order valence-corrected chi connectivity index (χ2v) is 6.83. The van der Waals surface area contributed by atoms with Crippen LogP contribution in [0.25, 0.3) is 10.6 Å². The number of para-hydroxylation sites is 2. The first-order chi connectivity index (χ1) is 13.2. The summed E-state index contributed by atoms with van der Waals surface area (Å²) in [5.74, 6) is 1.97. The number of aromatic nitrogens is 1. The van der Waals surface area contributed by atoms with Gasteiger partial charge in [0.05, 0.1) is 13.7 Å². The second kappa shape index (κ2) is 7.67. The Morgan fingerprint density at radius 3 is 2.78 bits per heavy atom. The molecule has 1 aromatic heterocycles. The summed E-state index contributed by atoms with van der Waals surface area (Å²) in [6, 6.07) is 15.1. The zero-order chi connectivity index (χ0) is 18.6. The summed E-state index contributed by atoms with van der Waals surface area (Å²) in [5, 5.41) is 5.40. The number of hydrogen-bond donors (Lipinski definition) is 1. The van der Waals surface area contributed by atoms with Crippen molar-refractivity contribution in [2.75, 3.05) is 20.3 Å². The molecule has 4 rings (SSSR count). The third-order valence-corrected chi connectivity index (χ3v) is 5.02. The van der Waals surface area contributed by atoms with E-state index >= 15 is 0 Å². The number of rotatable bonds is 5. The van der Waals surface area contributed by atoms with E-state index in [-0.39, 0.29) is 12.0 Å². The molecule has 3 aromatic rings. The number of hydrogen-bond acceptors (Lipinski definition) is 6. The Morgan fingerprint density at radius 2 is 2.00 bits per heavy atom. The molecule has 1 aliphatic heterocycles. The van der Waals surface area contributed by atoms with Gasteiger partial charge in [-0.15, -0.1) is 11.3 Å². The van der Waals surface area contributed by atoms with Gasteiger partial charge in [0.1, 0.15) is 29.2 Å². The van der Waals surface area contributed by atoms with Crippen LogP contribution in [0.15, 0.2) is 53.9 Å². The molecule has 138 valence electrons. The summed E-state index contributed by atoms with van der Waals surface area (Å²) in [5.41, 5.74) is 1.34. The molecule has 1 aliphatic rings. The van der Waals surface area contributed by atoms with E-state index in [1.54, 1.807) is 12.5 Å². The zero-order valence-corrected chi connectivity index (χ0v) is 15.5. The summed E-state index contributed by atoms with van der Waals surface area (Å²) in [7, 11) is 1.63. The number of thiazole rings is 1. The van der Waals surface area contributed by atoms with Crippen LogP contribution in [0.3, 0.4) is 0 Å². The van der Waals surface area contributed by atoms with E-state index in [1.165, 1.54) is 11.3 Å². The summed E-state index contributed by atoms with van der Waals surface area (Å²) in [6.07, 6.45) is -0.233. The normalized spacial score (nSPS) is 15.2. The number of carbonyl (C=O) groups is 1. The summed E-state index contributed by atoms with van der Waals surface area (Å²) in [6.45, 7) is 0.744. The van der Waals surface area contributed by atoms with E-state index in [9.17, 15) is 4.79 Å². The number of nitrogens with zero attached hydrogens (tertiary/aromatic N) is 1. The second-order valence-electron chi connectivity index (χ2n) is 5.97. The van der Waals surface area contributed by atoms with Crippen LogP contribution < -0.4 is 19.5 Å². The molecule has 27 heavy (non-hydrogen) atoms. The largest absolute Gasteiger partial charge is 0.497 e. The molecular formula is C20H18N2O4S. The van der Waals surface area contributed by atoms with Crippen LogP contribution in [-0.2, 0) is 0 Å². The van der Waals surface area contributed by atoms with Crippen LogP contribution in [0.1, 0.15) is 10.5 Å². The average Bonchev–Trinajstić information content (AvgIpc) is 3.22. The minimum Gasteiger partial charge on any atom is -0.497 e. The molecule has 0 radical (unpaired) electrons. The van der Waals surface area contributed by atoms with Gasteiger partial charge in [0.25, 0.3) is 5.91 Å². The number of amides is 1. The molecule has 0 saturated heterocycles. The maximum atomic E-state index is 12.4. The predicted octanol–water partition coefficient (Wildman–Crippen LogP) is 3.39. The highest BCUT2D eigenvalue weighted by molar-refractivity contribution is 7.13. The molecule has 1 unspecified atom stereocenters. The highest BCUT2D eigenvalue weighted by atomic mass is 32.1. The van der Waals surface area contributed by atoms with Crippen LogP contribution in [0.2, 0.25) is 0 Å². The molecule has 1 atom stereocenters. The first-order valence-electron chi connectivity index (χ1n) is 8.49. The molecule has 0 fully saturated rings. The van der Waals surface area contributed by atoms with Gasteiger partial charge >= 0.3 is 0 Å². The molecule has 2 heterocycles. The van der Waals surface area contributed by atoms with E-state index in [0.29, 0.717) is 24.6 Å². The predicted molar refractivity (Wildman–Crippen MR) is 103 cm³/mol. The Hall–Kier alpha value is -3.06. The minimum atomic E-state index is -0.233. The highest BCUT2D eigenvalue weighted by Crippen LogP contribution is 2.30. The van der Waals surface area contributed by atoms with E-state index in [2.05, 4.69) is 10.3 Å². The molecular weight excluding hydrogens is 364 g/mol. The van der Waals surface area contributed by atoms with Crippen LogP contribution in [0.4, 0.5) is 0 Å². The smallest absolute Gasteiger partial charge is 0.270 e. The van der Waals surface area contributed by atoms with Crippen molar-refractivity contribution in [2.45, 2.75) is 6.10 Å². The Bertz CT molecular complexity index is 939. The molecule has 7 heteroatoms. The lowest BCUT2D eigenvalue weighted by molar-refractivity contribution is 0.0787. The number of benzene rings is 2. The third kappa shape index (κ3) is 3.88. The maximum Gasteiger partial charge on any atom is 0.270 e. The van der Waals surface area contributed by atoms with Gasteiger partial charge in [0, 0.05) is 10.9 Å². The van der Waals surface area contributed by atoms with Crippen LogP contribution in [-0.4, -0.2) is 37.3 Å². The molecule has 0 saturated carbocycles. The summed E-state index contributed by atoms with van der Waals surface area (Å²) in [4.78, 5) is 16.8. The van der Waals surface area contributed by atoms with Gasteiger partial charge in [-0.1, -0.05) is 12.1 Å². The van der Waals surface area contributed by atoms with Crippen molar-refractivity contribution in [3.8, 4) is 27.8 Å². The number of carbonyl (C=O) groups excluding carboxylic acids is 1. The average molecular weight is 382 g/mol. The van der Waals surface area contributed by atoms with Crippen molar-refractivity contribution >= 4 is 17.2 Å². The summed E-state index contributed by atoms with van der Waals surface area (Å²) >= 11 is 1.43. The van der Waals surface area contributed by atoms with Crippen molar-refractivity contribution in [2.24, 2.45) is 0 Å². The van der Waals surface area contributed by atoms with Crippen molar-refractivity contribution in [1.29, 1.82) is 0 Å². The monoisotopic (exact) mass is 382 g/mol. The Morgan fingerprint density at radius 1 is 1.22 bits per heavy atom. The van der Waals surface area contributed by atoms with E-state index in [4.69, 9.17) is 14.2 Å². The Labute approximate surface area is 160 Å². The molecule has 6 nitrogen and oxygen atoms in total. The van der Waals surface area contributed by atoms with Gasteiger partial charge < -0.3 is 19.5 Å². The lowest BCUT2D eigenvalue weighted by Gasteiger charge is -2.26. The molecule has 1 N–H and O–H groups in total. The third-order valence-electron chi connectivity index (χ3n) is 4.13. The SMILES string of the molecule is COc1ccc(-c2nc(C(=O)NCC3COc4ccccc4O3)cs2)cc1. The van der Waals surface area contributed by atoms with E-state index < -0.39 is 0 Å². The molecule has 0 aliphatic carbocycles. The van der Waals surface area contributed by atoms with Crippen LogP contribution in [0.5, 0.6) is 17.2 Å². The quantitative estimate of drug-likeness (QED) is 0.733. The van der Waals surface area contributed by atoms with Gasteiger partial charge in [-0.3, -0.25) is 4.79 Å². The van der Waals surface area contributed by atoms with Gasteiger partial charge in [0.2, 0.25) is 0 Å². The first-order valence-corrected chi connectivity index (χ1v) is 9.37. The van der Waals surface area contributed by atoms with Gasteiger partial charge in [0.15, 0.2) is 11.5 Å². The maximum absolute atomic E-state index is 12.4. The van der Waals surface area contributed by atoms with E-state index in [1.807, 2.05) is 48.5 Å². The molecule has 0 bridgehead atoms. The van der Waals surface area contributed by atoms with Crippen molar-refractivity contribution in [1.82, 2.24) is 10.3 Å². The number of ether oxygens (including phenoxy) is 3. The van der Waals surface area contributed by atoms with E-state index in [0.717, 1.165) is 22.1 Å². The van der Waals surface area contributed by atoms with Gasteiger partial charge in [-0.25, -0.2) is 4.98 Å². The topological polar surface area (TPSA) is 69.7 Å². The number of nitrogens with one attached hydrogen (secondary N) is 1. The van der Waals surface area contributed by atoms with Crippen LogP contribution >= 0.6 is 11.3 Å². The van der Waals surface area contributed by atoms with Crippen molar-refractivity contribution in [3.63, 3.8) is 0 Å². The number of fused-ring (bicyclic) bond motifs is 1. The van der Waals surface area contributed by atoms with Crippen molar-refractivity contribution < 1.29 is 19.0 Å². The fraction of sp³-hybridized carbons (Fsp3) is 0.200. The Kier molecular flexibility index (Phi) is 4.93. The fourth-order valence-corrected chi connectivity index (χ4v) is 3.51. The van der Waals surface area contributed by atoms with Crippen LogP contribution in [0, 0.1) is 0 Å². The number of methoxy groups -OCH3 is 1. The minimum absolute atomic E-state index is 0.228. The van der Waals surface area contributed by atoms with Crippen molar-refractivity contribution in [3.05, 3.63) is 59.6 Å². The fourth-order valence-electron chi connectivity index (χ4n) is 2.70. The highest BCUT2D eigenvalue weighted by Gasteiger charge is 2.22. The first kappa shape index (κ1) is 17.4. The van der Waals surface area contributed by atoms with Gasteiger partial charge in [-0.05, 0) is 36.4 Å². The summed E-state index contributed by atoms with van der Waals surface area (Å²) < 4.78 is 16.7. The lowest BCUT2D eigenvalue weighted by atomic mass is 10.2. The molecule has 1 amide bonds. The standard InChI is InChI=1S/C20H18N2O4S/c1-24-14-8-6-13(7-9-14)20-22-16(12-27-20)19(23)21-10-15-11-25-17-4-2-3-5-18(17)26-15/h2-9,12,15H,10-11H2,1H3,(H,21,23). The Balaban J connectivity index is 1.36. The lowest BCUT2D eigenvalue weighted by Crippen LogP contribution is -2.40. The van der Waals surface area contributed by atoms with Gasteiger partial charge in [-0.2, -0.15) is 0 Å². The zero-order valence-electron chi connectivity index (χ0n) is 14.7. The molecule has 2 aromatic carbocycles.